The number of fused-ring (bicyclic) bond motifs is 3. The maximum Gasteiger partial charge on any atom is 0.422 e. The van der Waals surface area contributed by atoms with E-state index in [9.17, 15) is 19.2 Å². The van der Waals surface area contributed by atoms with Crippen molar-refractivity contribution >= 4 is 39.7 Å². The summed E-state index contributed by atoms with van der Waals surface area (Å²) < 4.78 is 12.3. The maximum absolute atomic E-state index is 14.2. The summed E-state index contributed by atoms with van der Waals surface area (Å²) in [5, 5.41) is 1.79. The summed E-state index contributed by atoms with van der Waals surface area (Å²) in [6.45, 7) is 6.21. The summed E-state index contributed by atoms with van der Waals surface area (Å²) in [7, 11) is 1.95. The summed E-state index contributed by atoms with van der Waals surface area (Å²) in [6, 6.07) is 22.7. The molecule has 3 aromatic carbocycles. The van der Waals surface area contributed by atoms with Crippen LogP contribution in [0, 0.1) is 0 Å². The van der Waals surface area contributed by atoms with Crippen molar-refractivity contribution in [2.45, 2.75) is 45.8 Å². The fraction of sp³-hybridized carbons (Fsp3) is 0.243. The highest BCUT2D eigenvalue weighted by Gasteiger charge is 2.34. The van der Waals surface area contributed by atoms with Crippen molar-refractivity contribution in [1.29, 1.82) is 0 Å². The van der Waals surface area contributed by atoms with Gasteiger partial charge >= 0.3 is 11.8 Å². The highest BCUT2D eigenvalue weighted by Crippen LogP contribution is 2.34. The van der Waals surface area contributed by atoms with Crippen LogP contribution >= 0.6 is 0 Å². The van der Waals surface area contributed by atoms with Crippen LogP contribution in [0.15, 0.2) is 96.2 Å². The summed E-state index contributed by atoms with van der Waals surface area (Å²) >= 11 is 0. The second kappa shape index (κ2) is 11.3. The van der Waals surface area contributed by atoms with Gasteiger partial charge in [0.1, 0.15) is 5.60 Å². The van der Waals surface area contributed by atoms with E-state index in [1.54, 1.807) is 55.8 Å². The molecule has 0 fully saturated rings. The number of para-hydroxylation sites is 2. The molecular weight excluding hydrogens is 594 g/mol. The number of benzene rings is 3. The SMILES string of the molecule is Cn1cc(-c2cn(C(=O)OC(C)(C)C)c(=O)n2-c2cn(CCCCN3C(=O)c4ccccc4C3=O)c3ccccc23)c2ccccc21. The average molecular weight is 630 g/mol. The Morgan fingerprint density at radius 3 is 1.98 bits per heavy atom. The van der Waals surface area contributed by atoms with Crippen LogP contribution in [0.25, 0.3) is 38.8 Å². The smallest absolute Gasteiger partial charge is 0.422 e. The molecule has 0 atom stereocenters. The third-order valence-electron chi connectivity index (χ3n) is 8.57. The molecule has 0 spiro atoms. The van der Waals surface area contributed by atoms with E-state index in [-0.39, 0.29) is 11.8 Å². The number of aryl methyl sites for hydroxylation is 2. The van der Waals surface area contributed by atoms with Crippen LogP contribution < -0.4 is 5.69 Å². The maximum atomic E-state index is 14.2. The van der Waals surface area contributed by atoms with Gasteiger partial charge < -0.3 is 13.9 Å². The van der Waals surface area contributed by atoms with Crippen molar-refractivity contribution in [3.63, 3.8) is 0 Å². The third kappa shape index (κ3) is 5.15. The number of hydrogen-bond acceptors (Lipinski definition) is 5. The van der Waals surface area contributed by atoms with Gasteiger partial charge in [-0.3, -0.25) is 19.1 Å². The van der Waals surface area contributed by atoms with Gasteiger partial charge in [0.05, 0.1) is 28.0 Å². The van der Waals surface area contributed by atoms with E-state index in [0.29, 0.717) is 48.4 Å². The van der Waals surface area contributed by atoms with Gasteiger partial charge in [-0.15, -0.1) is 0 Å². The highest BCUT2D eigenvalue weighted by atomic mass is 16.6. The Morgan fingerprint density at radius 2 is 1.30 bits per heavy atom. The van der Waals surface area contributed by atoms with E-state index in [2.05, 4.69) is 4.57 Å². The number of nitrogens with zero attached hydrogens (tertiary/aromatic N) is 5. The van der Waals surface area contributed by atoms with Gasteiger partial charge in [-0.2, -0.15) is 0 Å². The molecular formula is C37H35N5O5. The number of rotatable bonds is 7. The zero-order valence-corrected chi connectivity index (χ0v) is 26.8. The molecule has 238 valence electrons. The Kier molecular flexibility index (Phi) is 7.23. The van der Waals surface area contributed by atoms with E-state index >= 15 is 0 Å². The van der Waals surface area contributed by atoms with Crippen LogP contribution in [0.5, 0.6) is 0 Å². The predicted octanol–water partition coefficient (Wildman–Crippen LogP) is 6.61. The molecule has 0 aliphatic carbocycles. The van der Waals surface area contributed by atoms with Crippen molar-refractivity contribution in [3.8, 4) is 16.9 Å². The van der Waals surface area contributed by atoms with Gasteiger partial charge in [0, 0.05) is 60.6 Å². The van der Waals surface area contributed by atoms with E-state index in [1.807, 2.05) is 72.5 Å². The van der Waals surface area contributed by atoms with Gasteiger partial charge in [0.25, 0.3) is 11.8 Å². The molecule has 0 saturated heterocycles. The predicted molar refractivity (Wildman–Crippen MR) is 180 cm³/mol. The number of ether oxygens (including phenoxy) is 1. The normalized spacial score (nSPS) is 13.2. The first-order valence-corrected chi connectivity index (χ1v) is 15.7. The highest BCUT2D eigenvalue weighted by molar-refractivity contribution is 6.21. The molecule has 0 bridgehead atoms. The molecule has 10 heteroatoms. The molecule has 3 aromatic heterocycles. The minimum atomic E-state index is -0.790. The Hall–Kier alpha value is -5.64. The molecule has 0 radical (unpaired) electrons. The Labute approximate surface area is 271 Å². The van der Waals surface area contributed by atoms with E-state index in [1.165, 1.54) is 4.90 Å². The lowest BCUT2D eigenvalue weighted by Crippen LogP contribution is -2.33. The molecule has 7 rings (SSSR count). The first-order chi connectivity index (χ1) is 22.5. The van der Waals surface area contributed by atoms with Crippen LogP contribution in [0.3, 0.4) is 0 Å². The number of aromatic nitrogens is 4. The molecule has 6 aromatic rings. The van der Waals surface area contributed by atoms with Crippen molar-refractivity contribution in [3.05, 3.63) is 113 Å². The second-order valence-electron chi connectivity index (χ2n) is 12.9. The Balaban J connectivity index is 1.25. The van der Waals surface area contributed by atoms with Crippen molar-refractivity contribution in [2.75, 3.05) is 6.54 Å². The standard InChI is InChI=1S/C37H35N5O5/c1-37(2,3)47-36(46)41-23-32(28-21-38(4)29-17-9-7-13-24(28)29)42(35(41)45)31-22-39(30-18-10-8-16-27(30)31)19-11-12-20-40-33(43)25-14-5-6-15-26(25)34(40)44/h5-10,13-18,21-23H,11-12,19-20H2,1-4H3. The first kappa shape index (κ1) is 30.0. The lowest BCUT2D eigenvalue weighted by Gasteiger charge is -2.18. The summed E-state index contributed by atoms with van der Waals surface area (Å²) in [4.78, 5) is 54.5. The van der Waals surface area contributed by atoms with Crippen molar-refractivity contribution < 1.29 is 19.1 Å². The zero-order valence-electron chi connectivity index (χ0n) is 26.8. The third-order valence-corrected chi connectivity index (χ3v) is 8.57. The van der Waals surface area contributed by atoms with Gasteiger partial charge in [0.2, 0.25) is 0 Å². The number of amides is 2. The lowest BCUT2D eigenvalue weighted by molar-refractivity contribution is 0.0529. The van der Waals surface area contributed by atoms with E-state index in [4.69, 9.17) is 4.74 Å². The quantitative estimate of drug-likeness (QED) is 0.146. The molecule has 10 nitrogen and oxygen atoms in total. The number of carbonyl (C=O) groups is 3. The van der Waals surface area contributed by atoms with Gasteiger partial charge in [-0.05, 0) is 57.9 Å². The number of hydrogen-bond donors (Lipinski definition) is 0. The zero-order chi connectivity index (χ0) is 33.0. The van der Waals surface area contributed by atoms with Crippen LogP contribution in [-0.4, -0.2) is 53.2 Å². The van der Waals surface area contributed by atoms with Gasteiger partial charge in [0.15, 0.2) is 0 Å². The Morgan fingerprint density at radius 1 is 0.702 bits per heavy atom. The molecule has 0 N–H and O–H groups in total. The molecule has 47 heavy (non-hydrogen) atoms. The average Bonchev–Trinajstić information content (AvgIpc) is 3.75. The first-order valence-electron chi connectivity index (χ1n) is 15.7. The Bertz CT molecular complexity index is 2240. The van der Waals surface area contributed by atoms with E-state index < -0.39 is 17.4 Å². The number of imide groups is 1. The van der Waals surface area contributed by atoms with E-state index in [0.717, 1.165) is 31.9 Å². The topological polar surface area (TPSA) is 100 Å². The fourth-order valence-electron chi connectivity index (χ4n) is 6.44. The molecule has 0 unspecified atom stereocenters. The van der Waals surface area contributed by atoms with Gasteiger partial charge in [-0.1, -0.05) is 48.5 Å². The molecule has 1 aliphatic heterocycles. The molecule has 0 saturated carbocycles. The lowest BCUT2D eigenvalue weighted by atomic mass is 10.1. The van der Waals surface area contributed by atoms with Crippen molar-refractivity contribution in [2.24, 2.45) is 7.05 Å². The summed E-state index contributed by atoms with van der Waals surface area (Å²) in [5.74, 6) is -0.511. The number of imidazole rings is 1. The minimum absolute atomic E-state index is 0.255. The van der Waals surface area contributed by atoms with Crippen LogP contribution in [0.4, 0.5) is 4.79 Å². The number of unbranched alkanes of at least 4 members (excludes halogenated alkanes) is 1. The second-order valence-corrected chi connectivity index (χ2v) is 12.9. The largest absolute Gasteiger partial charge is 0.443 e. The van der Waals surface area contributed by atoms with Crippen molar-refractivity contribution in [1.82, 2.24) is 23.2 Å². The summed E-state index contributed by atoms with van der Waals surface area (Å²) in [5.41, 5.74) is 3.49. The summed E-state index contributed by atoms with van der Waals surface area (Å²) in [6.07, 6.45) is 6.01. The van der Waals surface area contributed by atoms with Crippen LogP contribution in [0.1, 0.15) is 54.3 Å². The van der Waals surface area contributed by atoms with Gasteiger partial charge in [-0.25, -0.2) is 14.2 Å². The fourth-order valence-corrected chi connectivity index (χ4v) is 6.44. The van der Waals surface area contributed by atoms with Crippen LogP contribution in [-0.2, 0) is 18.3 Å². The van der Waals surface area contributed by atoms with Crippen LogP contribution in [0.2, 0.25) is 0 Å². The monoisotopic (exact) mass is 629 g/mol. The number of carbonyl (C=O) groups excluding carboxylic acids is 3. The molecule has 4 heterocycles. The molecule has 2 amide bonds. The molecule has 1 aliphatic rings. The minimum Gasteiger partial charge on any atom is -0.443 e.